The predicted molar refractivity (Wildman–Crippen MR) is 73.5 cm³/mol. The van der Waals surface area contributed by atoms with E-state index in [1.165, 1.54) is 13.0 Å². The van der Waals surface area contributed by atoms with Crippen LogP contribution in [-0.4, -0.2) is 41.9 Å². The molecule has 0 aromatic heterocycles. The van der Waals surface area contributed by atoms with Crippen molar-refractivity contribution in [2.24, 2.45) is 11.7 Å². The fraction of sp³-hybridized carbons (Fsp3) is 0.643. The highest BCUT2D eigenvalue weighted by atomic mass is 16.5. The Labute approximate surface area is 118 Å². The van der Waals surface area contributed by atoms with Crippen molar-refractivity contribution in [3.63, 3.8) is 0 Å². The third-order valence-corrected chi connectivity index (χ3v) is 3.18. The number of carbonyl (C=O) groups excluding carboxylic acids is 3. The van der Waals surface area contributed by atoms with Gasteiger partial charge in [-0.1, -0.05) is 5.57 Å². The SMILES string of the molecule is CC(C)=CC(=O)O[C@H](C)C(=O)N1CCC[C@@H](C(N)=O)C1. The van der Waals surface area contributed by atoms with Crippen LogP contribution in [0.2, 0.25) is 0 Å². The summed E-state index contributed by atoms with van der Waals surface area (Å²) in [7, 11) is 0. The molecule has 0 aromatic rings. The summed E-state index contributed by atoms with van der Waals surface area (Å²) < 4.78 is 5.05. The number of hydrogen-bond donors (Lipinski definition) is 1. The Hall–Kier alpha value is -1.85. The highest BCUT2D eigenvalue weighted by Crippen LogP contribution is 2.17. The lowest BCUT2D eigenvalue weighted by atomic mass is 9.97. The van der Waals surface area contributed by atoms with E-state index in [0.717, 1.165) is 12.0 Å². The molecule has 6 nitrogen and oxygen atoms in total. The minimum Gasteiger partial charge on any atom is -0.449 e. The molecule has 112 valence electrons. The molecule has 20 heavy (non-hydrogen) atoms. The van der Waals surface area contributed by atoms with Gasteiger partial charge in [0.25, 0.3) is 5.91 Å². The number of nitrogens with zero attached hydrogens (tertiary/aromatic N) is 1. The average Bonchev–Trinajstić information content (AvgIpc) is 2.36. The standard InChI is InChI=1S/C14H22N2O4/c1-9(2)7-12(17)20-10(3)14(19)16-6-4-5-11(8-16)13(15)18/h7,10-11H,4-6,8H2,1-3H3,(H2,15,18)/t10-,11-/m1/s1. The van der Waals surface area contributed by atoms with Gasteiger partial charge in [0.1, 0.15) is 0 Å². The second-order valence-electron chi connectivity index (χ2n) is 5.33. The molecule has 0 bridgehead atoms. The molecule has 0 aliphatic carbocycles. The number of amides is 2. The number of piperidine rings is 1. The van der Waals surface area contributed by atoms with Crippen molar-refractivity contribution < 1.29 is 19.1 Å². The smallest absolute Gasteiger partial charge is 0.331 e. The maximum absolute atomic E-state index is 12.2. The molecule has 0 aromatic carbocycles. The van der Waals surface area contributed by atoms with E-state index in [1.807, 2.05) is 0 Å². The van der Waals surface area contributed by atoms with Gasteiger partial charge in [-0.15, -0.1) is 0 Å². The lowest BCUT2D eigenvalue weighted by Crippen LogP contribution is -2.47. The fourth-order valence-corrected chi connectivity index (χ4v) is 2.16. The molecule has 2 N–H and O–H groups in total. The van der Waals surface area contributed by atoms with E-state index in [0.29, 0.717) is 19.5 Å². The summed E-state index contributed by atoms with van der Waals surface area (Å²) in [4.78, 5) is 36.4. The third-order valence-electron chi connectivity index (χ3n) is 3.18. The summed E-state index contributed by atoms with van der Waals surface area (Å²) in [5, 5.41) is 0. The van der Waals surface area contributed by atoms with Crippen molar-refractivity contribution in [3.05, 3.63) is 11.6 Å². The van der Waals surface area contributed by atoms with Crippen molar-refractivity contribution in [3.8, 4) is 0 Å². The number of carbonyl (C=O) groups is 3. The van der Waals surface area contributed by atoms with Crippen molar-refractivity contribution in [2.75, 3.05) is 13.1 Å². The summed E-state index contributed by atoms with van der Waals surface area (Å²) in [5.74, 6) is -1.52. The van der Waals surface area contributed by atoms with Crippen LogP contribution < -0.4 is 5.73 Å². The van der Waals surface area contributed by atoms with E-state index in [4.69, 9.17) is 10.5 Å². The topological polar surface area (TPSA) is 89.7 Å². The van der Waals surface area contributed by atoms with Crippen LogP contribution in [-0.2, 0) is 19.1 Å². The fourth-order valence-electron chi connectivity index (χ4n) is 2.16. The van der Waals surface area contributed by atoms with Gasteiger partial charge in [0.05, 0.1) is 5.92 Å². The zero-order valence-corrected chi connectivity index (χ0v) is 12.2. The monoisotopic (exact) mass is 282 g/mol. The van der Waals surface area contributed by atoms with E-state index in [9.17, 15) is 14.4 Å². The van der Waals surface area contributed by atoms with Gasteiger partial charge in [0, 0.05) is 19.2 Å². The van der Waals surface area contributed by atoms with E-state index < -0.39 is 18.0 Å². The molecule has 1 rings (SSSR count). The van der Waals surface area contributed by atoms with Gasteiger partial charge in [-0.25, -0.2) is 4.79 Å². The van der Waals surface area contributed by atoms with Gasteiger partial charge < -0.3 is 15.4 Å². The van der Waals surface area contributed by atoms with Crippen LogP contribution in [0.3, 0.4) is 0 Å². The highest BCUT2D eigenvalue weighted by Gasteiger charge is 2.30. The molecule has 0 radical (unpaired) electrons. The van der Waals surface area contributed by atoms with Gasteiger partial charge in [-0.05, 0) is 33.6 Å². The predicted octanol–water partition coefficient (Wildman–Crippen LogP) is 0.608. The van der Waals surface area contributed by atoms with Crippen molar-refractivity contribution >= 4 is 17.8 Å². The zero-order chi connectivity index (χ0) is 15.3. The molecular formula is C14H22N2O4. The zero-order valence-electron chi connectivity index (χ0n) is 12.2. The number of ether oxygens (including phenoxy) is 1. The largest absolute Gasteiger partial charge is 0.449 e. The van der Waals surface area contributed by atoms with Crippen molar-refractivity contribution in [1.82, 2.24) is 4.90 Å². The number of nitrogens with two attached hydrogens (primary N) is 1. The Morgan fingerprint density at radius 1 is 1.35 bits per heavy atom. The third kappa shape index (κ3) is 4.68. The van der Waals surface area contributed by atoms with Crippen LogP contribution in [0.1, 0.15) is 33.6 Å². The maximum Gasteiger partial charge on any atom is 0.331 e. The van der Waals surface area contributed by atoms with Crippen LogP contribution in [0.4, 0.5) is 0 Å². The van der Waals surface area contributed by atoms with E-state index in [1.54, 1.807) is 18.7 Å². The molecule has 1 aliphatic heterocycles. The maximum atomic E-state index is 12.2. The van der Waals surface area contributed by atoms with E-state index >= 15 is 0 Å². The molecule has 1 heterocycles. The summed E-state index contributed by atoms with van der Waals surface area (Å²) >= 11 is 0. The Kier molecular flexibility index (Phi) is 5.73. The van der Waals surface area contributed by atoms with Crippen molar-refractivity contribution in [1.29, 1.82) is 0 Å². The number of esters is 1. The number of primary amides is 1. The first-order chi connectivity index (χ1) is 9.31. The Balaban J connectivity index is 2.58. The number of allylic oxidation sites excluding steroid dienone is 1. The minimum absolute atomic E-state index is 0.286. The molecule has 0 saturated carbocycles. The van der Waals surface area contributed by atoms with Crippen LogP contribution in [0, 0.1) is 5.92 Å². The van der Waals surface area contributed by atoms with Gasteiger partial charge >= 0.3 is 5.97 Å². The summed E-state index contributed by atoms with van der Waals surface area (Å²) in [5.41, 5.74) is 6.08. The average molecular weight is 282 g/mol. The summed E-state index contributed by atoms with van der Waals surface area (Å²) in [6.45, 7) is 5.95. The Morgan fingerprint density at radius 2 is 2.00 bits per heavy atom. The molecule has 6 heteroatoms. The van der Waals surface area contributed by atoms with Gasteiger partial charge in [-0.3, -0.25) is 9.59 Å². The Bertz CT molecular complexity index is 427. The van der Waals surface area contributed by atoms with Crippen LogP contribution in [0.15, 0.2) is 11.6 Å². The van der Waals surface area contributed by atoms with Gasteiger partial charge in [0.15, 0.2) is 6.10 Å². The molecule has 0 unspecified atom stereocenters. The second kappa shape index (κ2) is 7.07. The van der Waals surface area contributed by atoms with Gasteiger partial charge in [0.2, 0.25) is 5.91 Å². The van der Waals surface area contributed by atoms with Crippen LogP contribution in [0.5, 0.6) is 0 Å². The molecule has 1 fully saturated rings. The molecule has 0 spiro atoms. The van der Waals surface area contributed by atoms with Crippen molar-refractivity contribution in [2.45, 2.75) is 39.7 Å². The summed E-state index contributed by atoms with van der Waals surface area (Å²) in [6, 6.07) is 0. The number of hydrogen-bond acceptors (Lipinski definition) is 4. The molecule has 2 amide bonds. The lowest BCUT2D eigenvalue weighted by Gasteiger charge is -2.32. The lowest BCUT2D eigenvalue weighted by molar-refractivity contribution is -0.156. The Morgan fingerprint density at radius 3 is 2.55 bits per heavy atom. The molecule has 1 aliphatic rings. The number of rotatable bonds is 4. The molecule has 1 saturated heterocycles. The van der Waals surface area contributed by atoms with E-state index in [-0.39, 0.29) is 11.8 Å². The number of likely N-dealkylation sites (tertiary alicyclic amines) is 1. The van der Waals surface area contributed by atoms with Gasteiger partial charge in [-0.2, -0.15) is 0 Å². The minimum atomic E-state index is -0.857. The van der Waals surface area contributed by atoms with E-state index in [2.05, 4.69) is 0 Å². The summed E-state index contributed by atoms with van der Waals surface area (Å²) in [6.07, 6.45) is 1.91. The quantitative estimate of drug-likeness (QED) is 0.604. The van der Waals surface area contributed by atoms with Crippen LogP contribution in [0.25, 0.3) is 0 Å². The first-order valence-electron chi connectivity index (χ1n) is 6.75. The first-order valence-corrected chi connectivity index (χ1v) is 6.75. The second-order valence-corrected chi connectivity index (χ2v) is 5.33. The highest BCUT2D eigenvalue weighted by molar-refractivity contribution is 5.88. The van der Waals surface area contributed by atoms with Crippen LogP contribution >= 0.6 is 0 Å². The molecular weight excluding hydrogens is 260 g/mol. The molecule has 2 atom stereocenters. The normalized spacial score (nSPS) is 19.9. The first kappa shape index (κ1) is 16.2.